The second-order valence-electron chi connectivity index (χ2n) is 4.68. The van der Waals surface area contributed by atoms with E-state index in [1.165, 1.54) is 0 Å². The van der Waals surface area contributed by atoms with Crippen LogP contribution >= 0.6 is 27.5 Å². The molecule has 2 aliphatic rings. The number of hydrogen-bond donors (Lipinski definition) is 1. The summed E-state index contributed by atoms with van der Waals surface area (Å²) in [6, 6.07) is 0.741. The molecular weight excluding hydrogens is 300 g/mol. The van der Waals surface area contributed by atoms with Gasteiger partial charge in [0.05, 0.1) is 11.4 Å². The molecule has 0 saturated carbocycles. The van der Waals surface area contributed by atoms with Crippen LogP contribution in [0.2, 0.25) is 0 Å². The molecule has 1 aliphatic heterocycles. The lowest BCUT2D eigenvalue weighted by Crippen LogP contribution is -2.42. The average molecular weight is 318 g/mol. The van der Waals surface area contributed by atoms with E-state index < -0.39 is 0 Å². The monoisotopic (exact) mass is 316 g/mol. The van der Waals surface area contributed by atoms with E-state index in [1.54, 1.807) is 0 Å². The summed E-state index contributed by atoms with van der Waals surface area (Å²) >= 11 is 9.90. The van der Waals surface area contributed by atoms with Crippen LogP contribution in [0.15, 0.2) is 29.3 Å². The Morgan fingerprint density at radius 1 is 1.41 bits per heavy atom. The smallest absolute Gasteiger partial charge is 0.0593 e. The van der Waals surface area contributed by atoms with E-state index in [2.05, 4.69) is 45.3 Å². The molecule has 0 radical (unpaired) electrons. The van der Waals surface area contributed by atoms with Crippen molar-refractivity contribution in [2.75, 3.05) is 6.54 Å². The normalized spacial score (nSPS) is 40.8. The second kappa shape index (κ2) is 6.17. The summed E-state index contributed by atoms with van der Waals surface area (Å²) in [4.78, 5) is 4.95. The minimum atomic E-state index is 0.103. The number of alkyl halides is 2. The highest BCUT2D eigenvalue weighted by Gasteiger charge is 2.23. The van der Waals surface area contributed by atoms with Crippen LogP contribution in [-0.4, -0.2) is 35.0 Å². The lowest BCUT2D eigenvalue weighted by atomic mass is 9.99. The molecule has 2 nitrogen and oxygen atoms in total. The molecule has 0 amide bonds. The largest absolute Gasteiger partial charge is 0.308 e. The molecule has 4 unspecified atom stereocenters. The average Bonchev–Trinajstić information content (AvgIpc) is 2.32. The molecule has 1 N–H and O–H groups in total. The van der Waals surface area contributed by atoms with Gasteiger partial charge in [0, 0.05) is 29.5 Å². The Hall–Kier alpha value is -0.120. The molecular formula is C13H18BrClN2. The first-order chi connectivity index (χ1) is 8.16. The Labute approximate surface area is 116 Å². The molecule has 1 heterocycles. The van der Waals surface area contributed by atoms with Gasteiger partial charge >= 0.3 is 0 Å². The molecule has 0 spiro atoms. The molecule has 1 aliphatic carbocycles. The van der Waals surface area contributed by atoms with Crippen LogP contribution in [0.5, 0.6) is 0 Å². The first-order valence-electron chi connectivity index (χ1n) is 6.06. The SMILES string of the molecule is CC1N=CC(NCC2C=CC=CC2Cl)C[C@H]1Br. The third kappa shape index (κ3) is 3.67. The van der Waals surface area contributed by atoms with Crippen LogP contribution in [0.3, 0.4) is 0 Å². The van der Waals surface area contributed by atoms with Gasteiger partial charge in [-0.1, -0.05) is 40.2 Å². The van der Waals surface area contributed by atoms with Crippen LogP contribution in [0, 0.1) is 5.92 Å². The van der Waals surface area contributed by atoms with Gasteiger partial charge in [0.2, 0.25) is 0 Å². The van der Waals surface area contributed by atoms with E-state index in [0.717, 1.165) is 13.0 Å². The Morgan fingerprint density at radius 3 is 2.88 bits per heavy atom. The molecule has 4 heteroatoms. The molecule has 0 fully saturated rings. The number of aliphatic imine (C=N–C) groups is 1. The lowest BCUT2D eigenvalue weighted by Gasteiger charge is -2.27. The number of nitrogens with zero attached hydrogens (tertiary/aromatic N) is 1. The molecule has 2 rings (SSSR count). The molecule has 5 atom stereocenters. The van der Waals surface area contributed by atoms with Crippen molar-refractivity contribution in [1.82, 2.24) is 5.32 Å². The maximum Gasteiger partial charge on any atom is 0.0593 e. The van der Waals surface area contributed by atoms with Gasteiger partial charge in [0.25, 0.3) is 0 Å². The van der Waals surface area contributed by atoms with Crippen LogP contribution in [-0.2, 0) is 0 Å². The summed E-state index contributed by atoms with van der Waals surface area (Å²) in [5.74, 6) is 0.378. The molecule has 94 valence electrons. The maximum absolute atomic E-state index is 6.23. The Morgan fingerprint density at radius 2 is 2.18 bits per heavy atom. The zero-order valence-electron chi connectivity index (χ0n) is 9.89. The van der Waals surface area contributed by atoms with Gasteiger partial charge in [-0.05, 0) is 13.3 Å². The van der Waals surface area contributed by atoms with E-state index in [1.807, 2.05) is 18.4 Å². The molecule has 0 aromatic heterocycles. The van der Waals surface area contributed by atoms with Gasteiger partial charge in [-0.2, -0.15) is 0 Å². The highest BCUT2D eigenvalue weighted by Crippen LogP contribution is 2.21. The highest BCUT2D eigenvalue weighted by atomic mass is 79.9. The van der Waals surface area contributed by atoms with Crippen LogP contribution in [0.25, 0.3) is 0 Å². The first kappa shape index (κ1) is 13.3. The minimum absolute atomic E-state index is 0.103. The van der Waals surface area contributed by atoms with E-state index in [-0.39, 0.29) is 5.38 Å². The summed E-state index contributed by atoms with van der Waals surface area (Å²) in [7, 11) is 0. The van der Waals surface area contributed by atoms with Gasteiger partial charge in [-0.15, -0.1) is 11.6 Å². The van der Waals surface area contributed by atoms with Crippen molar-refractivity contribution >= 4 is 33.7 Å². The molecule has 17 heavy (non-hydrogen) atoms. The molecule has 0 aromatic rings. The summed E-state index contributed by atoms with van der Waals surface area (Å²) < 4.78 is 0. The van der Waals surface area contributed by atoms with E-state index in [4.69, 9.17) is 11.6 Å². The van der Waals surface area contributed by atoms with Gasteiger partial charge < -0.3 is 5.32 Å². The topological polar surface area (TPSA) is 24.4 Å². The van der Waals surface area contributed by atoms with E-state index >= 15 is 0 Å². The molecule has 0 aromatic carbocycles. The fourth-order valence-corrected chi connectivity index (χ4v) is 2.86. The van der Waals surface area contributed by atoms with Crippen molar-refractivity contribution in [3.8, 4) is 0 Å². The van der Waals surface area contributed by atoms with Gasteiger partial charge in [0.1, 0.15) is 0 Å². The number of hydrogen-bond acceptors (Lipinski definition) is 2. The molecule has 0 bridgehead atoms. The fourth-order valence-electron chi connectivity index (χ4n) is 2.06. The third-order valence-electron chi connectivity index (χ3n) is 3.29. The predicted molar refractivity (Wildman–Crippen MR) is 78.5 cm³/mol. The first-order valence-corrected chi connectivity index (χ1v) is 7.42. The minimum Gasteiger partial charge on any atom is -0.308 e. The Bertz CT molecular complexity index is 340. The standard InChI is InChI=1S/C13H18BrClN2/c1-9-12(14)6-11(8-16-9)17-7-10-4-2-3-5-13(10)15/h2-5,8-13,17H,6-7H2,1H3/t9?,10?,11?,12-,13?/m1/s1. The third-order valence-corrected chi connectivity index (χ3v) is 4.90. The second-order valence-corrected chi connectivity index (χ2v) is 6.36. The number of nitrogens with one attached hydrogen (secondary N) is 1. The van der Waals surface area contributed by atoms with Gasteiger partial charge in [0.15, 0.2) is 0 Å². The van der Waals surface area contributed by atoms with E-state index in [0.29, 0.717) is 22.8 Å². The highest BCUT2D eigenvalue weighted by molar-refractivity contribution is 9.09. The fraction of sp³-hybridized carbons (Fsp3) is 0.615. The van der Waals surface area contributed by atoms with Crippen molar-refractivity contribution in [2.45, 2.75) is 35.6 Å². The summed E-state index contributed by atoms with van der Waals surface area (Å²) in [5, 5.41) is 3.63. The van der Waals surface area contributed by atoms with Crippen LogP contribution in [0.1, 0.15) is 13.3 Å². The van der Waals surface area contributed by atoms with Crippen molar-refractivity contribution < 1.29 is 0 Å². The lowest BCUT2D eigenvalue weighted by molar-refractivity contribution is 0.486. The zero-order valence-corrected chi connectivity index (χ0v) is 12.2. The zero-order chi connectivity index (χ0) is 12.3. The van der Waals surface area contributed by atoms with Crippen molar-refractivity contribution in [1.29, 1.82) is 0 Å². The van der Waals surface area contributed by atoms with Crippen LogP contribution in [0.4, 0.5) is 0 Å². The number of allylic oxidation sites excluding steroid dienone is 3. The van der Waals surface area contributed by atoms with E-state index in [9.17, 15) is 0 Å². The Balaban J connectivity index is 1.81. The summed E-state index contributed by atoms with van der Waals surface area (Å²) in [5.41, 5.74) is 0. The van der Waals surface area contributed by atoms with Gasteiger partial charge in [-0.3, -0.25) is 4.99 Å². The predicted octanol–water partition coefficient (Wildman–Crippen LogP) is 2.92. The number of halogens is 2. The van der Waals surface area contributed by atoms with Crippen molar-refractivity contribution in [3.05, 3.63) is 24.3 Å². The van der Waals surface area contributed by atoms with Gasteiger partial charge in [-0.25, -0.2) is 0 Å². The van der Waals surface area contributed by atoms with Crippen LogP contribution < -0.4 is 5.32 Å². The Kier molecular flexibility index (Phi) is 4.83. The quantitative estimate of drug-likeness (QED) is 0.795. The molecule has 0 saturated heterocycles. The summed E-state index contributed by atoms with van der Waals surface area (Å²) in [6.07, 6.45) is 11.4. The summed E-state index contributed by atoms with van der Waals surface area (Å²) in [6.45, 7) is 3.04. The maximum atomic E-state index is 6.23. The number of rotatable bonds is 3. The van der Waals surface area contributed by atoms with Crippen molar-refractivity contribution in [3.63, 3.8) is 0 Å². The van der Waals surface area contributed by atoms with Crippen molar-refractivity contribution in [2.24, 2.45) is 10.9 Å².